The Labute approximate surface area is 333 Å². The number of carbonyl (C=O) groups excluding carboxylic acids is 5. The second kappa shape index (κ2) is 15.0. The van der Waals surface area contributed by atoms with E-state index in [1.165, 1.54) is 11.0 Å². The molecule has 2 N–H and O–H groups in total. The molecule has 3 aliphatic carbocycles. The maximum absolute atomic E-state index is 15.4. The number of carbonyl (C=O) groups is 5. The zero-order chi connectivity index (χ0) is 40.4. The van der Waals surface area contributed by atoms with Gasteiger partial charge in [-0.15, -0.1) is 0 Å². The van der Waals surface area contributed by atoms with E-state index < -0.39 is 83.8 Å². The van der Waals surface area contributed by atoms with Gasteiger partial charge in [-0.1, -0.05) is 24.3 Å². The van der Waals surface area contributed by atoms with E-state index in [1.54, 1.807) is 50.9 Å². The summed E-state index contributed by atoms with van der Waals surface area (Å²) in [6.45, 7) is 5.34. The van der Waals surface area contributed by atoms with Gasteiger partial charge in [-0.25, -0.2) is 0 Å². The fraction of sp³-hybridized carbons (Fsp3) is 0.690. The van der Waals surface area contributed by atoms with Crippen LogP contribution in [0, 0.1) is 17.3 Å². The molecule has 0 aromatic heterocycles. The largest absolute Gasteiger partial charge is 0.460 e. The number of ether oxygens (including phenoxy) is 4. The van der Waals surface area contributed by atoms with E-state index in [1.807, 2.05) is 24.3 Å². The van der Waals surface area contributed by atoms with Gasteiger partial charge in [0.25, 0.3) is 0 Å². The van der Waals surface area contributed by atoms with Crippen molar-refractivity contribution in [3.05, 3.63) is 41.5 Å². The maximum Gasteiger partial charge on any atom is 0.327 e. The summed E-state index contributed by atoms with van der Waals surface area (Å²) in [5.41, 5.74) is -0.542. The first-order valence-electron chi connectivity index (χ1n) is 20.6. The van der Waals surface area contributed by atoms with Gasteiger partial charge in [-0.05, 0) is 82.9 Å². The van der Waals surface area contributed by atoms with Gasteiger partial charge in [0.2, 0.25) is 17.7 Å². The number of rotatable bonds is 13. The molecule has 15 nitrogen and oxygen atoms in total. The van der Waals surface area contributed by atoms with Crippen LogP contribution < -0.4 is 5.32 Å². The number of nitrogens with zero attached hydrogens (tertiary/aromatic N) is 3. The van der Waals surface area contributed by atoms with Crippen LogP contribution in [0.15, 0.2) is 30.3 Å². The Morgan fingerprint density at radius 1 is 1.07 bits per heavy atom. The molecule has 4 saturated heterocycles. The van der Waals surface area contributed by atoms with E-state index in [0.29, 0.717) is 19.4 Å². The Morgan fingerprint density at radius 2 is 1.79 bits per heavy atom. The van der Waals surface area contributed by atoms with Gasteiger partial charge in [0.15, 0.2) is 11.8 Å². The lowest BCUT2D eigenvalue weighted by Crippen LogP contribution is -2.70. The van der Waals surface area contributed by atoms with Crippen molar-refractivity contribution in [3.8, 4) is 0 Å². The molecule has 8 atom stereocenters. The van der Waals surface area contributed by atoms with Crippen molar-refractivity contribution in [2.75, 3.05) is 27.2 Å². The van der Waals surface area contributed by atoms with Crippen molar-refractivity contribution < 1.29 is 52.9 Å². The number of aliphatic hydroxyl groups is 1. The number of nitrogens with one attached hydrogen (secondary N) is 1. The minimum Gasteiger partial charge on any atom is -0.460 e. The van der Waals surface area contributed by atoms with Crippen LogP contribution in [0.1, 0.15) is 89.7 Å². The van der Waals surface area contributed by atoms with E-state index >= 15 is 4.79 Å². The Balaban J connectivity index is 1.08. The monoisotopic (exact) mass is 792 g/mol. The molecule has 0 radical (unpaired) electrons. The number of likely N-dealkylation sites (N-methyl/N-ethyl adjacent to an activating group) is 1. The fourth-order valence-electron chi connectivity index (χ4n) is 9.68. The summed E-state index contributed by atoms with van der Waals surface area (Å²) in [4.78, 5) is 78.3. The molecule has 1 aromatic rings. The number of esters is 2. The van der Waals surface area contributed by atoms with Gasteiger partial charge >= 0.3 is 11.9 Å². The summed E-state index contributed by atoms with van der Waals surface area (Å²) in [7, 11) is 3.36. The van der Waals surface area contributed by atoms with Crippen molar-refractivity contribution >= 4 is 35.7 Å². The SMILES string of the molecule is CN(C)C(=O)C=Cc1cccc(CN2O[C@@H]3[C@H]4OC(C5CC5)(C5CC5)O[C@H]4[C@H]4C[C@]3(C(=O)N3CCC[C@@H]3C(=O)N[C@H](CO)CCC(=O)OC(C)(C)C)[C@@H]2C(=O)O4)c1. The van der Waals surface area contributed by atoms with Gasteiger partial charge in [-0.3, -0.25) is 28.8 Å². The summed E-state index contributed by atoms with van der Waals surface area (Å²) in [6, 6.07) is 4.81. The lowest BCUT2D eigenvalue weighted by Gasteiger charge is -2.50. The number of likely N-dealkylation sites (tertiary alicyclic amines) is 1. The summed E-state index contributed by atoms with van der Waals surface area (Å²) >= 11 is 0. The zero-order valence-corrected chi connectivity index (χ0v) is 33.5. The number of hydrogen-bond donors (Lipinski definition) is 2. The summed E-state index contributed by atoms with van der Waals surface area (Å²) in [6.07, 6.45) is 5.44. The second-order valence-corrected chi connectivity index (χ2v) is 18.1. The van der Waals surface area contributed by atoms with Crippen LogP contribution in [-0.2, 0) is 54.3 Å². The molecule has 3 amide bonds. The van der Waals surface area contributed by atoms with Crippen LogP contribution in [0.4, 0.5) is 0 Å². The number of hydrogen-bond acceptors (Lipinski definition) is 12. The van der Waals surface area contributed by atoms with Crippen LogP contribution in [-0.4, -0.2) is 131 Å². The predicted molar refractivity (Wildman–Crippen MR) is 202 cm³/mol. The molecule has 310 valence electrons. The van der Waals surface area contributed by atoms with Crippen LogP contribution in [0.2, 0.25) is 0 Å². The smallest absolute Gasteiger partial charge is 0.327 e. The molecule has 4 heterocycles. The average Bonchev–Trinajstić information content (AvgIpc) is 4.08. The molecule has 4 aliphatic heterocycles. The van der Waals surface area contributed by atoms with Crippen molar-refractivity contribution in [3.63, 3.8) is 0 Å². The van der Waals surface area contributed by atoms with Crippen LogP contribution in [0.25, 0.3) is 6.08 Å². The first-order chi connectivity index (χ1) is 27.1. The van der Waals surface area contributed by atoms with Crippen molar-refractivity contribution in [1.82, 2.24) is 20.2 Å². The predicted octanol–water partition coefficient (Wildman–Crippen LogP) is 2.48. The molecule has 0 spiro atoms. The van der Waals surface area contributed by atoms with E-state index in [0.717, 1.165) is 36.8 Å². The average molecular weight is 793 g/mol. The lowest BCUT2D eigenvalue weighted by atomic mass is 9.62. The molecule has 2 bridgehead atoms. The molecule has 1 aromatic carbocycles. The quantitative estimate of drug-likeness (QED) is 0.221. The molecular weight excluding hydrogens is 736 g/mol. The molecule has 7 fully saturated rings. The highest BCUT2D eigenvalue weighted by Gasteiger charge is 2.78. The first kappa shape index (κ1) is 39.9. The van der Waals surface area contributed by atoms with E-state index in [2.05, 4.69) is 5.32 Å². The lowest BCUT2D eigenvalue weighted by molar-refractivity contribution is -0.235. The number of amides is 3. The van der Waals surface area contributed by atoms with E-state index in [-0.39, 0.29) is 49.5 Å². The molecule has 57 heavy (non-hydrogen) atoms. The maximum atomic E-state index is 15.4. The van der Waals surface area contributed by atoms with Gasteiger partial charge in [0.1, 0.15) is 41.5 Å². The van der Waals surface area contributed by atoms with Gasteiger partial charge in [-0.2, -0.15) is 5.06 Å². The third-order valence-electron chi connectivity index (χ3n) is 12.5. The van der Waals surface area contributed by atoms with E-state index in [9.17, 15) is 24.3 Å². The summed E-state index contributed by atoms with van der Waals surface area (Å²) < 4.78 is 25.5. The molecular formula is C42H56N4O11. The van der Waals surface area contributed by atoms with E-state index in [4.69, 9.17) is 23.8 Å². The number of benzene rings is 1. The second-order valence-electron chi connectivity index (χ2n) is 18.1. The van der Waals surface area contributed by atoms with Gasteiger partial charge < -0.3 is 39.2 Å². The molecule has 7 aliphatic rings. The van der Waals surface area contributed by atoms with Gasteiger partial charge in [0, 0.05) is 51.4 Å². The minimum atomic E-state index is -1.45. The highest BCUT2D eigenvalue weighted by Crippen LogP contribution is 2.64. The van der Waals surface area contributed by atoms with Crippen molar-refractivity contribution in [2.45, 2.75) is 139 Å². The zero-order valence-electron chi connectivity index (χ0n) is 33.5. The third kappa shape index (κ3) is 7.50. The molecule has 0 unspecified atom stereocenters. The summed E-state index contributed by atoms with van der Waals surface area (Å²) in [5, 5.41) is 14.6. The number of fused-ring (bicyclic) bond motifs is 4. The van der Waals surface area contributed by atoms with Crippen LogP contribution in [0.5, 0.6) is 0 Å². The standard InChI is InChI=1S/C42H56N4O11/c1-40(2,3)54-32(49)18-16-28(23-47)43-37(50)29-10-7-19-45(29)39(52)41-21-30-33-34(56-42(55-33,26-12-13-26)27-14-15-27)36(41)57-46(35(41)38(51)53-30)22-25-9-6-8-24(20-25)11-17-31(48)44(4)5/h6,8-9,11,17,20,26-30,33-36,47H,7,10,12-16,18-19,21-23H2,1-5H3,(H,43,50)/t28-,29+,30+,33-,34-,35-,36+,41-/m0/s1. The Hall–Kier alpha value is -3.89. The minimum absolute atomic E-state index is 0.000464. The molecule has 8 rings (SSSR count). The van der Waals surface area contributed by atoms with Crippen molar-refractivity contribution in [1.29, 1.82) is 0 Å². The van der Waals surface area contributed by atoms with Crippen molar-refractivity contribution in [2.24, 2.45) is 17.3 Å². The highest BCUT2D eigenvalue weighted by atomic mass is 16.8. The normalized spacial score (nSPS) is 32.2. The van der Waals surface area contributed by atoms with Gasteiger partial charge in [0.05, 0.1) is 19.2 Å². The topological polar surface area (TPSA) is 173 Å². The highest BCUT2D eigenvalue weighted by molar-refractivity contribution is 5.97. The van der Waals surface area contributed by atoms with Crippen LogP contribution in [0.3, 0.4) is 0 Å². The Kier molecular flexibility index (Phi) is 10.5. The Bertz CT molecular complexity index is 1790. The number of hydroxylamine groups is 2. The molecule has 3 saturated carbocycles. The fourth-order valence-corrected chi connectivity index (χ4v) is 9.68. The number of aliphatic hydroxyl groups excluding tert-OH is 1. The first-order valence-corrected chi connectivity index (χ1v) is 20.6. The van der Waals surface area contributed by atoms with Crippen LogP contribution >= 0.6 is 0 Å². The summed E-state index contributed by atoms with van der Waals surface area (Å²) in [5.74, 6) is -2.35. The Morgan fingerprint density at radius 3 is 2.46 bits per heavy atom. The molecule has 15 heteroatoms. The third-order valence-corrected chi connectivity index (χ3v) is 12.5.